The van der Waals surface area contributed by atoms with Crippen LogP contribution in [0.5, 0.6) is 0 Å². The predicted octanol–water partition coefficient (Wildman–Crippen LogP) is 4.86. The fraction of sp³-hybridized carbons (Fsp3) is 0. The van der Waals surface area contributed by atoms with Crippen LogP contribution >= 0.6 is 11.3 Å². The molecule has 2 heterocycles. The zero-order chi connectivity index (χ0) is 17.9. The molecule has 2 aromatic carbocycles. The van der Waals surface area contributed by atoms with Gasteiger partial charge < -0.3 is 9.84 Å². The van der Waals surface area contributed by atoms with Gasteiger partial charge in [-0.1, -0.05) is 29.4 Å². The van der Waals surface area contributed by atoms with Gasteiger partial charge in [0.1, 0.15) is 5.82 Å². The number of benzene rings is 2. The van der Waals surface area contributed by atoms with Crippen molar-refractivity contribution in [2.24, 2.45) is 0 Å². The lowest BCUT2D eigenvalue weighted by atomic mass is 10.1. The first kappa shape index (κ1) is 16.2. The molecule has 0 radical (unpaired) electrons. The van der Waals surface area contributed by atoms with Crippen molar-refractivity contribution in [2.75, 3.05) is 5.32 Å². The van der Waals surface area contributed by atoms with Gasteiger partial charge in [-0.3, -0.25) is 4.79 Å². The topological polar surface area (TPSA) is 68.0 Å². The minimum Gasteiger partial charge on any atom is -0.334 e. The van der Waals surface area contributed by atoms with Crippen LogP contribution in [0.25, 0.3) is 22.2 Å². The number of rotatable bonds is 4. The smallest absolute Gasteiger partial charge is 0.260 e. The van der Waals surface area contributed by atoms with Gasteiger partial charge in [0.25, 0.3) is 11.8 Å². The first-order valence-electron chi connectivity index (χ1n) is 7.74. The summed E-state index contributed by atoms with van der Waals surface area (Å²) in [6.45, 7) is 0. The van der Waals surface area contributed by atoms with Gasteiger partial charge in [-0.05, 0) is 41.8 Å². The maximum Gasteiger partial charge on any atom is 0.260 e. The Hall–Kier alpha value is -3.32. The molecule has 1 N–H and O–H groups in total. The average molecular weight is 365 g/mol. The minimum absolute atomic E-state index is 0.226. The third-order valence-electron chi connectivity index (χ3n) is 3.66. The average Bonchev–Trinajstić information content (AvgIpc) is 3.34. The molecule has 0 fully saturated rings. The second-order valence-electron chi connectivity index (χ2n) is 5.41. The van der Waals surface area contributed by atoms with Crippen molar-refractivity contribution in [3.8, 4) is 22.2 Å². The van der Waals surface area contributed by atoms with Crippen molar-refractivity contribution in [1.82, 2.24) is 10.1 Å². The van der Waals surface area contributed by atoms with Crippen LogP contribution in [0.15, 0.2) is 70.6 Å². The number of carbonyl (C=O) groups is 1. The number of thiophene rings is 1. The van der Waals surface area contributed by atoms with E-state index in [-0.39, 0.29) is 5.56 Å². The monoisotopic (exact) mass is 365 g/mol. The molecule has 4 rings (SSSR count). The quantitative estimate of drug-likeness (QED) is 0.561. The molecule has 0 spiro atoms. The number of nitrogens with zero attached hydrogens (tertiary/aromatic N) is 2. The molecule has 0 aliphatic carbocycles. The van der Waals surface area contributed by atoms with Gasteiger partial charge in [-0.25, -0.2) is 4.39 Å². The van der Waals surface area contributed by atoms with Gasteiger partial charge >= 0.3 is 0 Å². The number of hydrogen-bond acceptors (Lipinski definition) is 5. The van der Waals surface area contributed by atoms with Gasteiger partial charge in [0.15, 0.2) is 0 Å². The van der Waals surface area contributed by atoms with Crippen LogP contribution < -0.4 is 5.32 Å². The summed E-state index contributed by atoms with van der Waals surface area (Å²) in [5.41, 5.74) is 1.32. The van der Waals surface area contributed by atoms with Crippen LogP contribution in [0, 0.1) is 5.82 Å². The molecule has 0 bridgehead atoms. The maximum atomic E-state index is 13.3. The highest BCUT2D eigenvalue weighted by Gasteiger charge is 2.16. The normalized spacial score (nSPS) is 10.7. The summed E-state index contributed by atoms with van der Waals surface area (Å²) in [6, 6.07) is 16.4. The second-order valence-corrected chi connectivity index (χ2v) is 6.36. The zero-order valence-electron chi connectivity index (χ0n) is 13.3. The predicted molar refractivity (Wildman–Crippen MR) is 97.4 cm³/mol. The number of para-hydroxylation sites is 1. The van der Waals surface area contributed by atoms with E-state index in [9.17, 15) is 9.18 Å². The lowest BCUT2D eigenvalue weighted by Gasteiger charge is -2.08. The molecular formula is C19H12FN3O2S. The number of hydrogen-bond donors (Lipinski definition) is 1. The Morgan fingerprint density at radius 3 is 2.77 bits per heavy atom. The van der Waals surface area contributed by atoms with Crippen LogP contribution in [0.4, 0.5) is 10.1 Å². The minimum atomic E-state index is -0.469. The Morgan fingerprint density at radius 1 is 1.08 bits per heavy atom. The number of carbonyl (C=O) groups excluding carboxylic acids is 1. The lowest BCUT2D eigenvalue weighted by molar-refractivity contribution is 0.102. The first-order valence-corrected chi connectivity index (χ1v) is 8.62. The number of anilines is 1. The van der Waals surface area contributed by atoms with E-state index in [0.717, 1.165) is 4.88 Å². The largest absolute Gasteiger partial charge is 0.334 e. The van der Waals surface area contributed by atoms with Gasteiger partial charge in [0.2, 0.25) is 5.82 Å². The summed E-state index contributed by atoms with van der Waals surface area (Å²) in [7, 11) is 0. The molecule has 128 valence electrons. The van der Waals surface area contributed by atoms with Crippen LogP contribution in [0.1, 0.15) is 10.4 Å². The highest BCUT2D eigenvalue weighted by atomic mass is 32.1. The van der Waals surface area contributed by atoms with Gasteiger partial charge in [-0.2, -0.15) is 4.98 Å². The fourth-order valence-electron chi connectivity index (χ4n) is 2.44. The number of nitrogens with one attached hydrogen (secondary N) is 1. The Kier molecular flexibility index (Phi) is 4.28. The Bertz CT molecular complexity index is 1060. The summed E-state index contributed by atoms with van der Waals surface area (Å²) >= 11 is 1.51. The lowest BCUT2D eigenvalue weighted by Crippen LogP contribution is -2.12. The van der Waals surface area contributed by atoms with Crippen LogP contribution in [-0.2, 0) is 0 Å². The molecule has 0 saturated heterocycles. The molecule has 0 unspecified atom stereocenters. The van der Waals surface area contributed by atoms with Crippen LogP contribution in [-0.4, -0.2) is 16.0 Å². The Balaban J connectivity index is 1.64. The summed E-state index contributed by atoms with van der Waals surface area (Å²) < 4.78 is 18.7. The van der Waals surface area contributed by atoms with Gasteiger partial charge in [0, 0.05) is 5.56 Å². The molecule has 0 atom stereocenters. The van der Waals surface area contributed by atoms with Gasteiger partial charge in [0.05, 0.1) is 16.1 Å². The molecule has 1 amide bonds. The molecule has 0 aliphatic heterocycles. The SMILES string of the molecule is O=C(Nc1ccccc1-c1nc(-c2cccs2)no1)c1cccc(F)c1. The van der Waals surface area contributed by atoms with E-state index >= 15 is 0 Å². The zero-order valence-corrected chi connectivity index (χ0v) is 14.2. The molecule has 26 heavy (non-hydrogen) atoms. The van der Waals surface area contributed by atoms with Crippen LogP contribution in [0.3, 0.4) is 0 Å². The second kappa shape index (κ2) is 6.89. The summed E-state index contributed by atoms with van der Waals surface area (Å²) in [6.07, 6.45) is 0. The van der Waals surface area contributed by atoms with E-state index in [1.54, 1.807) is 24.3 Å². The third kappa shape index (κ3) is 3.25. The highest BCUT2D eigenvalue weighted by Crippen LogP contribution is 2.30. The number of amides is 1. The van der Waals surface area contributed by atoms with E-state index in [1.165, 1.54) is 29.5 Å². The summed E-state index contributed by atoms with van der Waals surface area (Å²) in [5, 5.41) is 8.68. The number of halogens is 1. The molecule has 0 aliphatic rings. The highest BCUT2D eigenvalue weighted by molar-refractivity contribution is 7.13. The summed E-state index contributed by atoms with van der Waals surface area (Å²) in [5.74, 6) is -0.108. The van der Waals surface area contributed by atoms with E-state index < -0.39 is 11.7 Å². The van der Waals surface area contributed by atoms with Crippen LogP contribution in [0.2, 0.25) is 0 Å². The first-order chi connectivity index (χ1) is 12.7. The molecule has 7 heteroatoms. The third-order valence-corrected chi connectivity index (χ3v) is 4.53. The van der Waals surface area contributed by atoms with Crippen molar-refractivity contribution in [3.05, 3.63) is 77.4 Å². The molecule has 4 aromatic rings. The molecular weight excluding hydrogens is 353 g/mol. The molecule has 2 aromatic heterocycles. The van der Waals surface area contributed by atoms with Gasteiger partial charge in [-0.15, -0.1) is 11.3 Å². The van der Waals surface area contributed by atoms with Crippen molar-refractivity contribution in [1.29, 1.82) is 0 Å². The van der Waals surface area contributed by atoms with E-state index in [0.29, 0.717) is 23.0 Å². The fourth-order valence-corrected chi connectivity index (χ4v) is 3.09. The van der Waals surface area contributed by atoms with E-state index in [2.05, 4.69) is 15.5 Å². The Morgan fingerprint density at radius 2 is 1.96 bits per heavy atom. The standard InChI is InChI=1S/C19H12FN3O2S/c20-13-6-3-5-12(11-13)18(24)21-15-8-2-1-7-14(15)19-22-17(23-25-19)16-9-4-10-26-16/h1-11H,(H,21,24). The summed E-state index contributed by atoms with van der Waals surface area (Å²) in [4.78, 5) is 17.7. The van der Waals surface area contributed by atoms with Crippen molar-refractivity contribution in [3.63, 3.8) is 0 Å². The van der Waals surface area contributed by atoms with E-state index in [4.69, 9.17) is 4.52 Å². The van der Waals surface area contributed by atoms with Crippen molar-refractivity contribution in [2.45, 2.75) is 0 Å². The van der Waals surface area contributed by atoms with Crippen molar-refractivity contribution >= 4 is 22.9 Å². The molecule has 5 nitrogen and oxygen atoms in total. The van der Waals surface area contributed by atoms with E-state index in [1.807, 2.05) is 23.6 Å². The Labute approximate surface area is 152 Å². The maximum absolute atomic E-state index is 13.3. The molecule has 0 saturated carbocycles. The van der Waals surface area contributed by atoms with Crippen molar-refractivity contribution < 1.29 is 13.7 Å². The number of aromatic nitrogens is 2.